The predicted molar refractivity (Wildman–Crippen MR) is 77.1 cm³/mol. The van der Waals surface area contributed by atoms with Crippen molar-refractivity contribution in [1.29, 1.82) is 0 Å². The summed E-state index contributed by atoms with van der Waals surface area (Å²) in [6.07, 6.45) is 4.47. The van der Waals surface area contributed by atoms with Gasteiger partial charge in [-0.25, -0.2) is 0 Å². The molecule has 0 bridgehead atoms. The Morgan fingerprint density at radius 3 is 2.67 bits per heavy atom. The average molecular weight is 245 g/mol. The molecule has 0 fully saturated rings. The Morgan fingerprint density at radius 2 is 2.06 bits per heavy atom. The van der Waals surface area contributed by atoms with Gasteiger partial charge in [-0.1, -0.05) is 33.3 Å². The lowest BCUT2D eigenvalue weighted by Gasteiger charge is -2.07. The fourth-order valence-electron chi connectivity index (χ4n) is 2.51. The van der Waals surface area contributed by atoms with Crippen molar-refractivity contribution in [3.63, 3.8) is 0 Å². The van der Waals surface area contributed by atoms with Gasteiger partial charge in [0.1, 0.15) is 0 Å². The first-order valence-corrected chi connectivity index (χ1v) is 6.90. The van der Waals surface area contributed by atoms with E-state index in [-0.39, 0.29) is 6.61 Å². The van der Waals surface area contributed by atoms with Gasteiger partial charge in [-0.15, -0.1) is 0 Å². The molecule has 0 aliphatic rings. The van der Waals surface area contributed by atoms with E-state index >= 15 is 0 Å². The molecule has 0 amide bonds. The van der Waals surface area contributed by atoms with Crippen LogP contribution in [0.3, 0.4) is 0 Å². The first-order chi connectivity index (χ1) is 8.67. The quantitative estimate of drug-likeness (QED) is 0.853. The van der Waals surface area contributed by atoms with Gasteiger partial charge in [0.15, 0.2) is 0 Å². The summed E-state index contributed by atoms with van der Waals surface area (Å²) in [6.45, 7) is 7.54. The van der Waals surface area contributed by atoms with Gasteiger partial charge in [-0.3, -0.25) is 0 Å². The predicted octanol–water partition coefficient (Wildman–Crippen LogP) is 3.71. The van der Waals surface area contributed by atoms with Crippen LogP contribution in [0.2, 0.25) is 0 Å². The summed E-state index contributed by atoms with van der Waals surface area (Å²) in [5.41, 5.74) is 4.04. The van der Waals surface area contributed by atoms with Crippen LogP contribution in [0.4, 0.5) is 0 Å². The number of aliphatic hydroxyl groups excluding tert-OH is 1. The van der Waals surface area contributed by atoms with E-state index in [2.05, 4.69) is 49.7 Å². The van der Waals surface area contributed by atoms with Gasteiger partial charge in [0.25, 0.3) is 0 Å². The van der Waals surface area contributed by atoms with Crippen LogP contribution in [0.1, 0.15) is 44.2 Å². The maximum absolute atomic E-state index is 9.14. The zero-order chi connectivity index (χ0) is 13.1. The monoisotopic (exact) mass is 245 g/mol. The van der Waals surface area contributed by atoms with E-state index < -0.39 is 0 Å². The molecule has 0 atom stereocenters. The minimum atomic E-state index is 0.196. The molecular weight excluding hydrogens is 222 g/mol. The highest BCUT2D eigenvalue weighted by Gasteiger charge is 2.09. The van der Waals surface area contributed by atoms with Gasteiger partial charge in [0.2, 0.25) is 0 Å². The van der Waals surface area contributed by atoms with Gasteiger partial charge >= 0.3 is 0 Å². The maximum atomic E-state index is 9.14. The first kappa shape index (κ1) is 13.2. The van der Waals surface area contributed by atoms with E-state index in [1.54, 1.807) is 0 Å². The Labute approximate surface area is 109 Å². The molecule has 0 saturated carbocycles. The molecule has 0 radical (unpaired) electrons. The molecule has 0 saturated heterocycles. The second kappa shape index (κ2) is 5.57. The van der Waals surface area contributed by atoms with Gasteiger partial charge < -0.3 is 9.67 Å². The van der Waals surface area contributed by atoms with Gasteiger partial charge in [0.05, 0.1) is 6.61 Å². The normalized spacial score (nSPS) is 11.6. The number of aromatic nitrogens is 1. The molecule has 1 N–H and O–H groups in total. The lowest BCUT2D eigenvalue weighted by Crippen LogP contribution is -2.00. The fraction of sp³-hybridized carbons (Fsp3) is 0.500. The molecule has 2 heteroatoms. The lowest BCUT2D eigenvalue weighted by molar-refractivity contribution is 0.278. The molecule has 0 aliphatic heterocycles. The summed E-state index contributed by atoms with van der Waals surface area (Å²) in [4.78, 5) is 0. The van der Waals surface area contributed by atoms with Gasteiger partial charge in [-0.05, 0) is 35.6 Å². The topological polar surface area (TPSA) is 25.2 Å². The van der Waals surface area contributed by atoms with E-state index in [1.165, 1.54) is 22.0 Å². The van der Waals surface area contributed by atoms with Crippen LogP contribution in [-0.4, -0.2) is 16.3 Å². The Kier molecular flexibility index (Phi) is 4.07. The van der Waals surface area contributed by atoms with Gasteiger partial charge in [0, 0.05) is 23.6 Å². The van der Waals surface area contributed by atoms with Crippen molar-refractivity contribution in [2.45, 2.75) is 46.1 Å². The van der Waals surface area contributed by atoms with Crippen LogP contribution in [0.25, 0.3) is 10.9 Å². The van der Waals surface area contributed by atoms with Crippen molar-refractivity contribution in [2.24, 2.45) is 0 Å². The standard InChI is InChI=1S/C16H23NO/c1-4-5-14-11-17(8-9-18)16-7-6-13(12(2)3)10-15(14)16/h6-7,10-12,18H,4-5,8-9H2,1-3H3. The molecule has 1 aromatic heterocycles. The van der Waals surface area contributed by atoms with Crippen LogP contribution in [-0.2, 0) is 13.0 Å². The van der Waals surface area contributed by atoms with Gasteiger partial charge in [-0.2, -0.15) is 0 Å². The first-order valence-electron chi connectivity index (χ1n) is 6.90. The van der Waals surface area contributed by atoms with Crippen molar-refractivity contribution in [2.75, 3.05) is 6.61 Å². The summed E-state index contributed by atoms with van der Waals surface area (Å²) in [7, 11) is 0. The maximum Gasteiger partial charge on any atom is 0.0610 e. The highest BCUT2D eigenvalue weighted by atomic mass is 16.3. The summed E-state index contributed by atoms with van der Waals surface area (Å²) in [5.74, 6) is 0.560. The molecule has 2 nitrogen and oxygen atoms in total. The highest BCUT2D eigenvalue weighted by Crippen LogP contribution is 2.26. The minimum absolute atomic E-state index is 0.196. The molecule has 2 aromatic rings. The van der Waals surface area contributed by atoms with E-state index in [4.69, 9.17) is 5.11 Å². The zero-order valence-corrected chi connectivity index (χ0v) is 11.6. The second-order valence-corrected chi connectivity index (χ2v) is 5.25. The molecule has 1 aromatic carbocycles. The molecular formula is C16H23NO. The zero-order valence-electron chi connectivity index (χ0n) is 11.6. The van der Waals surface area contributed by atoms with Crippen LogP contribution in [0.15, 0.2) is 24.4 Å². The summed E-state index contributed by atoms with van der Waals surface area (Å²) in [6, 6.07) is 6.72. The van der Waals surface area contributed by atoms with Crippen LogP contribution < -0.4 is 0 Å². The molecule has 1 heterocycles. The Balaban J connectivity index is 2.55. The largest absolute Gasteiger partial charge is 0.395 e. The summed E-state index contributed by atoms with van der Waals surface area (Å²) < 4.78 is 2.17. The van der Waals surface area contributed by atoms with Crippen LogP contribution in [0.5, 0.6) is 0 Å². The third-order valence-electron chi connectivity index (χ3n) is 3.51. The minimum Gasteiger partial charge on any atom is -0.395 e. The fourth-order valence-corrected chi connectivity index (χ4v) is 2.51. The molecule has 2 rings (SSSR count). The molecule has 0 spiro atoms. The Hall–Kier alpha value is -1.28. The van der Waals surface area contributed by atoms with E-state index in [0.717, 1.165) is 12.8 Å². The second-order valence-electron chi connectivity index (χ2n) is 5.25. The molecule has 0 unspecified atom stereocenters. The average Bonchev–Trinajstić information content (AvgIpc) is 2.68. The molecule has 0 aliphatic carbocycles. The van der Waals surface area contributed by atoms with Crippen LogP contribution in [0, 0.1) is 0 Å². The number of aryl methyl sites for hydroxylation is 1. The van der Waals surface area contributed by atoms with E-state index in [1.807, 2.05) is 0 Å². The lowest BCUT2D eigenvalue weighted by atomic mass is 9.99. The number of benzene rings is 1. The number of rotatable bonds is 5. The number of aliphatic hydroxyl groups is 1. The van der Waals surface area contributed by atoms with Crippen molar-refractivity contribution in [3.8, 4) is 0 Å². The summed E-state index contributed by atoms with van der Waals surface area (Å²) >= 11 is 0. The number of hydrogen-bond donors (Lipinski definition) is 1. The highest BCUT2D eigenvalue weighted by molar-refractivity contribution is 5.85. The third-order valence-corrected chi connectivity index (χ3v) is 3.51. The van der Waals surface area contributed by atoms with Crippen molar-refractivity contribution in [1.82, 2.24) is 4.57 Å². The van der Waals surface area contributed by atoms with Crippen LogP contribution >= 0.6 is 0 Å². The van der Waals surface area contributed by atoms with E-state index in [9.17, 15) is 0 Å². The van der Waals surface area contributed by atoms with Crippen molar-refractivity contribution < 1.29 is 5.11 Å². The smallest absolute Gasteiger partial charge is 0.0610 e. The SMILES string of the molecule is CCCc1cn(CCO)c2ccc(C(C)C)cc12. The Bertz CT molecular complexity index is 525. The summed E-state index contributed by atoms with van der Waals surface area (Å²) in [5, 5.41) is 10.5. The van der Waals surface area contributed by atoms with Crippen molar-refractivity contribution in [3.05, 3.63) is 35.5 Å². The number of nitrogens with zero attached hydrogens (tertiary/aromatic N) is 1. The van der Waals surface area contributed by atoms with E-state index in [0.29, 0.717) is 12.5 Å². The third kappa shape index (κ3) is 2.44. The number of hydrogen-bond acceptors (Lipinski definition) is 1. The Morgan fingerprint density at radius 1 is 1.28 bits per heavy atom. The molecule has 18 heavy (non-hydrogen) atoms. The molecule has 98 valence electrons. The van der Waals surface area contributed by atoms with Crippen molar-refractivity contribution >= 4 is 10.9 Å². The number of fused-ring (bicyclic) bond motifs is 1.